The highest BCUT2D eigenvalue weighted by molar-refractivity contribution is 6.27. The monoisotopic (exact) mass is 1610 g/mol. The van der Waals surface area contributed by atoms with Gasteiger partial charge in [-0.2, -0.15) is 0 Å². The second kappa shape index (κ2) is 32.0. The summed E-state index contributed by atoms with van der Waals surface area (Å²) < 4.78 is 13.8. The van der Waals surface area contributed by atoms with Crippen molar-refractivity contribution in [2.45, 2.75) is 0 Å². The summed E-state index contributed by atoms with van der Waals surface area (Å²) in [4.78, 5) is 9.29. The topological polar surface area (TPSA) is 31.4 Å². The molecule has 22 aromatic rings. The number of anilines is 12. The molecule has 2 aliphatic rings. The maximum absolute atomic E-state index is 6.99. The van der Waals surface area contributed by atoms with Crippen molar-refractivity contribution in [2.24, 2.45) is 0 Å². The number of benzene rings is 22. The van der Waals surface area contributed by atoms with Crippen molar-refractivity contribution >= 4 is 133 Å². The van der Waals surface area contributed by atoms with Crippen molar-refractivity contribution in [1.29, 1.82) is 0 Å². The maximum Gasteiger partial charge on any atom is 0.137 e. The minimum absolute atomic E-state index is 0.835. The summed E-state index contributed by atoms with van der Waals surface area (Å²) in [6.07, 6.45) is 0. The van der Waals surface area contributed by atoms with Gasteiger partial charge >= 0.3 is 0 Å². The van der Waals surface area contributed by atoms with Gasteiger partial charge in [-0.3, -0.25) is 0 Å². The van der Waals surface area contributed by atoms with Gasteiger partial charge in [0.2, 0.25) is 0 Å². The van der Waals surface area contributed by atoms with E-state index in [0.29, 0.717) is 0 Å². The van der Waals surface area contributed by atoms with Crippen LogP contribution in [0.3, 0.4) is 0 Å². The van der Waals surface area contributed by atoms with Gasteiger partial charge in [0, 0.05) is 102 Å². The molecule has 0 saturated carbocycles. The lowest BCUT2D eigenvalue weighted by atomic mass is 9.86. The molecule has 0 fully saturated rings. The van der Waals surface area contributed by atoms with E-state index in [1.165, 1.54) is 98.4 Å². The number of fused-ring (bicyclic) bond motifs is 12. The van der Waals surface area contributed by atoms with Crippen LogP contribution in [0.1, 0.15) is 0 Å². The zero-order valence-corrected chi connectivity index (χ0v) is 68.8. The van der Waals surface area contributed by atoms with E-state index in [-0.39, 0.29) is 0 Å². The van der Waals surface area contributed by atoms with Crippen molar-refractivity contribution in [3.8, 4) is 89.8 Å². The summed E-state index contributed by atoms with van der Waals surface area (Å²) in [6.45, 7) is 0. The second-order valence-electron chi connectivity index (χ2n) is 32.1. The summed E-state index contributed by atoms with van der Waals surface area (Å²) >= 11 is 0. The number of ether oxygens (including phenoxy) is 2. The second-order valence-corrected chi connectivity index (χ2v) is 32.1. The van der Waals surface area contributed by atoms with E-state index in [2.05, 4.69) is 505 Å². The minimum Gasteiger partial charge on any atom is -0.456 e. The zero-order valence-electron chi connectivity index (χ0n) is 68.8. The van der Waals surface area contributed by atoms with Crippen LogP contribution in [0.5, 0.6) is 23.0 Å². The highest BCUT2D eigenvalue weighted by atomic mass is 16.5. The summed E-state index contributed by atoms with van der Waals surface area (Å²) in [6, 6.07) is 174. The molecular weight excluding hydrogens is 1530 g/mol. The smallest absolute Gasteiger partial charge is 0.137 e. The molecule has 0 bridgehead atoms. The first-order chi connectivity index (χ1) is 62.5. The molecule has 0 spiro atoms. The average molecular weight is 1610 g/mol. The van der Waals surface area contributed by atoms with Crippen molar-refractivity contribution < 1.29 is 9.47 Å². The molecule has 0 radical (unpaired) electrons. The molecule has 0 aromatic heterocycles. The van der Waals surface area contributed by atoms with Gasteiger partial charge in [-0.1, -0.05) is 303 Å². The van der Waals surface area contributed by atoms with Crippen LogP contribution in [-0.4, -0.2) is 0 Å². The van der Waals surface area contributed by atoms with Crippen LogP contribution in [0.4, 0.5) is 68.2 Å². The third-order valence-electron chi connectivity index (χ3n) is 24.8. The predicted molar refractivity (Wildman–Crippen MR) is 529 cm³/mol. The molecule has 22 aromatic carbocycles. The molecule has 592 valence electrons. The molecule has 0 unspecified atom stereocenters. The van der Waals surface area contributed by atoms with Crippen molar-refractivity contribution in [1.82, 2.24) is 0 Å². The maximum atomic E-state index is 6.99. The molecule has 0 aliphatic carbocycles. The molecule has 0 atom stereocenters. The Morgan fingerprint density at radius 1 is 0.127 bits per heavy atom. The standard InChI is InChI=1S/C66H44N2O.C54H36N2O/c1-5-20-45(21-6-1)52-28-15-17-33-62(52)67(48-24-9-3-10-25-48)50-38-36-47(37-39-50)58-43-60-57-32-19-35-64-66(57)61(44-59(60)55-31-14-13-30-54(55)58)56-41-40-51(42-65(56)69-64)68(49-26-11-4-12-27-49)63-34-18-16-29-53(63)46-22-7-2-8-23-46;1-5-16-38(17-6-1)55(39-18-7-2-8-19-39)42-30-28-37(29-31-42)48-35-50-47-26-15-27-52-54(47)51(36-49(50)45-25-14-13-24-44(45)48)46-33-32-43(34-53(46)57-52)56(40-20-9-3-10-21-40)41-22-11-4-12-23-41/h1-44H;1-36H. The Labute approximate surface area is 732 Å². The van der Waals surface area contributed by atoms with Crippen LogP contribution in [0.2, 0.25) is 0 Å². The number of hydrogen-bond donors (Lipinski definition) is 0. The van der Waals surface area contributed by atoms with Crippen molar-refractivity contribution in [3.63, 3.8) is 0 Å². The Bertz CT molecular complexity index is 7780. The number of rotatable bonds is 16. The fourth-order valence-corrected chi connectivity index (χ4v) is 19.1. The Morgan fingerprint density at radius 2 is 0.381 bits per heavy atom. The van der Waals surface area contributed by atoms with Crippen LogP contribution < -0.4 is 29.1 Å². The quantitative estimate of drug-likeness (QED) is 0.0897. The SMILES string of the molecule is c1ccc(-c2ccccc2N(c2ccccc2)c2ccc(-c3cc4c5cccc6c5c(cc4c4ccccc34)-c3ccc(N(c4ccccc4)c4ccccc4-c4ccccc4)cc3O6)cc2)cc1.c1ccc(N(c2ccccc2)c2ccc(-c3cc4c5cccc6c5c(cc4c4ccccc34)-c3ccc(N(c4ccccc4)c4ccccc4)cc3O6)cc2)cc1. The van der Waals surface area contributed by atoms with Crippen LogP contribution >= 0.6 is 0 Å². The number of nitrogens with zero attached hydrogens (tertiary/aromatic N) is 4. The van der Waals surface area contributed by atoms with E-state index in [1.807, 2.05) is 0 Å². The zero-order chi connectivity index (χ0) is 83.4. The highest BCUT2D eigenvalue weighted by Gasteiger charge is 2.30. The first-order valence-electron chi connectivity index (χ1n) is 43.0. The lowest BCUT2D eigenvalue weighted by Gasteiger charge is -2.30. The third-order valence-corrected chi connectivity index (χ3v) is 24.8. The van der Waals surface area contributed by atoms with Crippen LogP contribution in [0.15, 0.2) is 485 Å². The molecule has 126 heavy (non-hydrogen) atoms. The van der Waals surface area contributed by atoms with E-state index < -0.39 is 0 Å². The van der Waals surface area contributed by atoms with E-state index in [9.17, 15) is 0 Å². The van der Waals surface area contributed by atoms with Gasteiger partial charge in [-0.15, -0.1) is 0 Å². The largest absolute Gasteiger partial charge is 0.456 e. The minimum atomic E-state index is 0.835. The number of para-hydroxylation sites is 8. The van der Waals surface area contributed by atoms with E-state index >= 15 is 0 Å². The van der Waals surface area contributed by atoms with E-state index in [0.717, 1.165) is 124 Å². The van der Waals surface area contributed by atoms with Gasteiger partial charge in [0.1, 0.15) is 23.0 Å². The van der Waals surface area contributed by atoms with Gasteiger partial charge in [0.15, 0.2) is 0 Å². The van der Waals surface area contributed by atoms with Crippen LogP contribution in [0, 0.1) is 0 Å². The van der Waals surface area contributed by atoms with Crippen molar-refractivity contribution in [3.05, 3.63) is 485 Å². The predicted octanol–water partition coefficient (Wildman–Crippen LogP) is 34.4. The number of hydrogen-bond acceptors (Lipinski definition) is 6. The van der Waals surface area contributed by atoms with Crippen molar-refractivity contribution in [2.75, 3.05) is 19.6 Å². The fourth-order valence-electron chi connectivity index (χ4n) is 19.1. The molecule has 6 nitrogen and oxygen atoms in total. The van der Waals surface area contributed by atoms with Crippen LogP contribution in [0.25, 0.3) is 131 Å². The molecule has 6 heteroatoms. The molecule has 0 N–H and O–H groups in total. The Morgan fingerprint density at radius 3 is 0.762 bits per heavy atom. The summed E-state index contributed by atoms with van der Waals surface area (Å²) in [5, 5.41) is 14.4. The summed E-state index contributed by atoms with van der Waals surface area (Å²) in [7, 11) is 0. The lowest BCUT2D eigenvalue weighted by molar-refractivity contribution is 0.487. The third kappa shape index (κ3) is 13.3. The molecule has 24 rings (SSSR count). The Balaban J connectivity index is 0.000000148. The Hall–Kier alpha value is -16.8. The van der Waals surface area contributed by atoms with Crippen LogP contribution in [-0.2, 0) is 0 Å². The van der Waals surface area contributed by atoms with Gasteiger partial charge in [-0.05, 0) is 268 Å². The first-order valence-corrected chi connectivity index (χ1v) is 43.0. The van der Waals surface area contributed by atoms with Gasteiger partial charge in [0.25, 0.3) is 0 Å². The fraction of sp³-hybridized carbons (Fsp3) is 0. The van der Waals surface area contributed by atoms with Gasteiger partial charge < -0.3 is 29.1 Å². The molecule has 0 amide bonds. The summed E-state index contributed by atoms with van der Waals surface area (Å²) in [5.74, 6) is 3.42. The normalized spacial score (nSPS) is 11.6. The Kier molecular flexibility index (Phi) is 18.8. The van der Waals surface area contributed by atoms with E-state index in [1.54, 1.807) is 0 Å². The molecular formula is C120H80N4O2. The molecule has 2 heterocycles. The average Bonchev–Trinajstić information content (AvgIpc) is 0.717. The molecule has 0 saturated heterocycles. The first kappa shape index (κ1) is 74.3. The summed E-state index contributed by atoms with van der Waals surface area (Å²) in [5.41, 5.74) is 27.0. The highest BCUT2D eigenvalue weighted by Crippen LogP contribution is 2.56. The van der Waals surface area contributed by atoms with Gasteiger partial charge in [0.05, 0.1) is 11.4 Å². The lowest BCUT2D eigenvalue weighted by Crippen LogP contribution is -2.11. The van der Waals surface area contributed by atoms with E-state index in [4.69, 9.17) is 9.47 Å². The van der Waals surface area contributed by atoms with Gasteiger partial charge in [-0.25, -0.2) is 0 Å². The molecule has 2 aliphatic heterocycles.